The maximum atomic E-state index is 12.5. The summed E-state index contributed by atoms with van der Waals surface area (Å²) in [5.41, 5.74) is 1.59. The number of ether oxygens (including phenoxy) is 2. The monoisotopic (exact) mass is 317 g/mol. The molecule has 4 nitrogen and oxygen atoms in total. The van der Waals surface area contributed by atoms with Crippen molar-refractivity contribution in [2.75, 3.05) is 7.11 Å². The lowest BCUT2D eigenvalue weighted by Crippen LogP contribution is -2.14. The van der Waals surface area contributed by atoms with Gasteiger partial charge in [0.1, 0.15) is 5.75 Å². The summed E-state index contributed by atoms with van der Waals surface area (Å²) in [7, 11) is 3.56. The zero-order valence-corrected chi connectivity index (χ0v) is 14.6. The van der Waals surface area contributed by atoms with Gasteiger partial charge in [-0.15, -0.1) is 0 Å². The van der Waals surface area contributed by atoms with E-state index in [0.717, 1.165) is 29.5 Å². The van der Waals surface area contributed by atoms with Crippen molar-refractivity contribution in [3.63, 3.8) is 0 Å². The normalized spacial score (nSPS) is 12.3. The molecule has 1 heterocycles. The van der Waals surface area contributed by atoms with Crippen LogP contribution in [0.3, 0.4) is 0 Å². The van der Waals surface area contributed by atoms with Gasteiger partial charge in [-0.1, -0.05) is 26.2 Å². The molecule has 1 aromatic heterocycles. The first kappa shape index (κ1) is 17.4. The number of methoxy groups -OCH3 is 1. The third kappa shape index (κ3) is 4.27. The Morgan fingerprint density at radius 2 is 2.04 bits per heavy atom. The summed E-state index contributed by atoms with van der Waals surface area (Å²) in [5, 5.41) is 0.870. The summed E-state index contributed by atoms with van der Waals surface area (Å²) in [6.45, 7) is 4.16. The minimum atomic E-state index is -0.258. The maximum absolute atomic E-state index is 12.5. The van der Waals surface area contributed by atoms with Gasteiger partial charge in [-0.05, 0) is 38.0 Å². The van der Waals surface area contributed by atoms with Gasteiger partial charge in [0.05, 0.1) is 18.8 Å². The number of nitrogens with zero attached hydrogens (tertiary/aromatic N) is 1. The number of aryl methyl sites for hydroxylation is 1. The van der Waals surface area contributed by atoms with Gasteiger partial charge in [0.25, 0.3) is 0 Å². The highest BCUT2D eigenvalue weighted by molar-refractivity contribution is 6.04. The van der Waals surface area contributed by atoms with Gasteiger partial charge in [0, 0.05) is 24.1 Å². The highest BCUT2D eigenvalue weighted by Gasteiger charge is 2.18. The van der Waals surface area contributed by atoms with Crippen LogP contribution in [0.15, 0.2) is 24.4 Å². The van der Waals surface area contributed by atoms with Gasteiger partial charge in [-0.3, -0.25) is 0 Å². The van der Waals surface area contributed by atoms with E-state index in [1.54, 1.807) is 7.11 Å². The molecule has 0 aliphatic carbocycles. The number of hydrogen-bond acceptors (Lipinski definition) is 3. The maximum Gasteiger partial charge on any atom is 0.340 e. The van der Waals surface area contributed by atoms with Crippen molar-refractivity contribution >= 4 is 16.9 Å². The van der Waals surface area contributed by atoms with E-state index in [4.69, 9.17) is 9.47 Å². The lowest BCUT2D eigenvalue weighted by Gasteiger charge is -2.12. The van der Waals surface area contributed by atoms with E-state index in [2.05, 4.69) is 6.92 Å². The number of hydrogen-bond donors (Lipinski definition) is 0. The fourth-order valence-electron chi connectivity index (χ4n) is 2.82. The molecule has 0 bridgehead atoms. The van der Waals surface area contributed by atoms with E-state index in [9.17, 15) is 4.79 Å². The molecule has 0 spiro atoms. The van der Waals surface area contributed by atoms with E-state index in [1.165, 1.54) is 19.3 Å². The second-order valence-electron chi connectivity index (χ2n) is 6.10. The van der Waals surface area contributed by atoms with Crippen molar-refractivity contribution in [3.8, 4) is 5.75 Å². The molecule has 0 aliphatic heterocycles. The van der Waals surface area contributed by atoms with Crippen LogP contribution in [0.25, 0.3) is 10.9 Å². The predicted molar refractivity (Wildman–Crippen MR) is 93.1 cm³/mol. The van der Waals surface area contributed by atoms with Gasteiger partial charge < -0.3 is 14.0 Å². The predicted octanol–water partition coefficient (Wildman–Crippen LogP) is 4.70. The molecule has 126 valence electrons. The van der Waals surface area contributed by atoms with Gasteiger partial charge in [-0.25, -0.2) is 4.79 Å². The Morgan fingerprint density at radius 3 is 2.74 bits per heavy atom. The molecule has 0 N–H and O–H groups in total. The molecule has 0 fully saturated rings. The van der Waals surface area contributed by atoms with E-state index in [1.807, 2.05) is 42.9 Å². The molecule has 0 saturated heterocycles. The van der Waals surface area contributed by atoms with Crippen LogP contribution in [0.1, 0.15) is 56.3 Å². The minimum Gasteiger partial charge on any atom is -0.497 e. The average molecular weight is 317 g/mol. The zero-order chi connectivity index (χ0) is 16.8. The molecular weight excluding hydrogens is 290 g/mol. The number of rotatable bonds is 8. The average Bonchev–Trinajstić information content (AvgIpc) is 2.88. The molecular formula is C19H27NO3. The molecule has 0 aliphatic rings. The highest BCUT2D eigenvalue weighted by Crippen LogP contribution is 2.26. The van der Waals surface area contributed by atoms with Gasteiger partial charge in [0.15, 0.2) is 0 Å². The first-order valence-electron chi connectivity index (χ1n) is 8.40. The van der Waals surface area contributed by atoms with Crippen LogP contribution >= 0.6 is 0 Å². The summed E-state index contributed by atoms with van der Waals surface area (Å²) in [5.74, 6) is 0.484. The number of unbranched alkanes of at least 4 members (excludes halogenated alkanes) is 3. The van der Waals surface area contributed by atoms with Crippen molar-refractivity contribution in [3.05, 3.63) is 30.0 Å². The van der Waals surface area contributed by atoms with Crippen LogP contribution in [0.2, 0.25) is 0 Å². The Balaban J connectivity index is 2.08. The highest BCUT2D eigenvalue weighted by atomic mass is 16.5. The number of carbonyl (C=O) groups excluding carboxylic acids is 1. The summed E-state index contributed by atoms with van der Waals surface area (Å²) in [6, 6.07) is 5.74. The Hall–Kier alpha value is -1.97. The van der Waals surface area contributed by atoms with Crippen LogP contribution in [0.4, 0.5) is 0 Å². The molecule has 2 rings (SSSR count). The van der Waals surface area contributed by atoms with Crippen LogP contribution in [0, 0.1) is 0 Å². The molecule has 23 heavy (non-hydrogen) atoms. The van der Waals surface area contributed by atoms with Gasteiger partial charge in [-0.2, -0.15) is 0 Å². The van der Waals surface area contributed by atoms with Crippen LogP contribution in [-0.4, -0.2) is 23.8 Å². The first-order chi connectivity index (χ1) is 11.1. The van der Waals surface area contributed by atoms with Crippen LogP contribution < -0.4 is 4.74 Å². The number of aromatic nitrogens is 1. The lowest BCUT2D eigenvalue weighted by molar-refractivity contribution is 0.0321. The Labute approximate surface area is 138 Å². The van der Waals surface area contributed by atoms with Crippen molar-refractivity contribution in [2.45, 2.75) is 52.1 Å². The van der Waals surface area contributed by atoms with E-state index in [0.29, 0.717) is 5.56 Å². The molecule has 2 aromatic rings. The molecule has 4 heteroatoms. The van der Waals surface area contributed by atoms with Gasteiger partial charge >= 0.3 is 5.97 Å². The second-order valence-corrected chi connectivity index (χ2v) is 6.10. The topological polar surface area (TPSA) is 40.5 Å². The molecule has 1 atom stereocenters. The summed E-state index contributed by atoms with van der Waals surface area (Å²) >= 11 is 0. The largest absolute Gasteiger partial charge is 0.497 e. The standard InChI is InChI=1S/C19H27NO3/c1-5-6-7-8-9-14(2)23-19(21)17-13-20(3)18-11-10-15(22-4)12-16(17)18/h10-14H,5-9H2,1-4H3. The Bertz CT molecular complexity index is 660. The lowest BCUT2D eigenvalue weighted by atomic mass is 10.1. The number of benzene rings is 1. The third-order valence-electron chi connectivity index (χ3n) is 4.19. The van der Waals surface area contributed by atoms with Gasteiger partial charge in [0.2, 0.25) is 0 Å². The quantitative estimate of drug-likeness (QED) is 0.523. The van der Waals surface area contributed by atoms with E-state index >= 15 is 0 Å². The molecule has 0 radical (unpaired) electrons. The molecule has 0 saturated carbocycles. The molecule has 1 aromatic carbocycles. The number of esters is 1. The van der Waals surface area contributed by atoms with Crippen LogP contribution in [-0.2, 0) is 11.8 Å². The Kier molecular flexibility index (Phi) is 6.08. The van der Waals surface area contributed by atoms with Crippen molar-refractivity contribution in [1.29, 1.82) is 0 Å². The number of carbonyl (C=O) groups is 1. The van der Waals surface area contributed by atoms with Crippen molar-refractivity contribution in [1.82, 2.24) is 4.57 Å². The third-order valence-corrected chi connectivity index (χ3v) is 4.19. The summed E-state index contributed by atoms with van der Waals surface area (Å²) in [6.07, 6.45) is 7.45. The summed E-state index contributed by atoms with van der Waals surface area (Å²) in [4.78, 5) is 12.5. The Morgan fingerprint density at radius 1 is 1.26 bits per heavy atom. The molecule has 1 unspecified atom stereocenters. The van der Waals surface area contributed by atoms with E-state index < -0.39 is 0 Å². The fourth-order valence-corrected chi connectivity index (χ4v) is 2.82. The van der Waals surface area contributed by atoms with Crippen molar-refractivity contribution < 1.29 is 14.3 Å². The van der Waals surface area contributed by atoms with Crippen LogP contribution in [0.5, 0.6) is 5.75 Å². The zero-order valence-electron chi connectivity index (χ0n) is 14.6. The second kappa shape index (κ2) is 8.04. The van der Waals surface area contributed by atoms with Crippen molar-refractivity contribution in [2.24, 2.45) is 7.05 Å². The smallest absolute Gasteiger partial charge is 0.340 e. The fraction of sp³-hybridized carbons (Fsp3) is 0.526. The minimum absolute atomic E-state index is 0.0554. The molecule has 0 amide bonds. The number of fused-ring (bicyclic) bond motifs is 1. The first-order valence-corrected chi connectivity index (χ1v) is 8.40. The van der Waals surface area contributed by atoms with E-state index in [-0.39, 0.29) is 12.1 Å². The summed E-state index contributed by atoms with van der Waals surface area (Å²) < 4.78 is 12.8. The SMILES string of the molecule is CCCCCCC(C)OC(=O)c1cn(C)c2ccc(OC)cc12.